The van der Waals surface area contributed by atoms with Crippen LogP contribution >= 0.6 is 11.6 Å². The quantitative estimate of drug-likeness (QED) is 0.734. The van der Waals surface area contributed by atoms with Crippen molar-refractivity contribution >= 4 is 39.9 Å². The Bertz CT molecular complexity index is 1090. The highest BCUT2D eigenvalue weighted by molar-refractivity contribution is 6.31. The van der Waals surface area contributed by atoms with E-state index in [0.29, 0.717) is 10.7 Å². The maximum absolute atomic E-state index is 12.5. The molecule has 0 spiro atoms. The van der Waals surface area contributed by atoms with E-state index in [9.17, 15) is 19.5 Å². The average molecular weight is 372 g/mol. The molecule has 0 radical (unpaired) electrons. The Hall–Kier alpha value is -3.19. The molecular formula is C18H14ClN3O4. The molecule has 0 atom stereocenters. The number of nitrogens with zero attached hydrogens (tertiary/aromatic N) is 2. The number of aromatic nitrogens is 2. The Balaban J connectivity index is 1.97. The molecule has 0 saturated carbocycles. The van der Waals surface area contributed by atoms with Gasteiger partial charge in [-0.1, -0.05) is 35.9 Å². The van der Waals surface area contributed by atoms with Crippen molar-refractivity contribution in [2.24, 2.45) is 0 Å². The van der Waals surface area contributed by atoms with Gasteiger partial charge in [0.25, 0.3) is 5.56 Å². The summed E-state index contributed by atoms with van der Waals surface area (Å²) in [7, 11) is 0. The van der Waals surface area contributed by atoms with Gasteiger partial charge in [-0.3, -0.25) is 9.59 Å². The second-order valence-electron chi connectivity index (χ2n) is 5.67. The number of carboxylic acids is 1. The van der Waals surface area contributed by atoms with Crippen molar-refractivity contribution in [3.05, 3.63) is 69.1 Å². The number of aromatic carboxylic acids is 1. The van der Waals surface area contributed by atoms with Gasteiger partial charge in [0.05, 0.1) is 5.39 Å². The maximum Gasteiger partial charge on any atom is 0.357 e. The molecule has 1 heterocycles. The largest absolute Gasteiger partial charge is 0.476 e. The molecule has 0 aliphatic heterocycles. The molecule has 0 unspecified atom stereocenters. The summed E-state index contributed by atoms with van der Waals surface area (Å²) >= 11 is 5.92. The molecule has 2 aromatic carbocycles. The second-order valence-corrected chi connectivity index (χ2v) is 6.11. The highest BCUT2D eigenvalue weighted by Gasteiger charge is 2.17. The van der Waals surface area contributed by atoms with Gasteiger partial charge in [0.1, 0.15) is 6.54 Å². The predicted molar refractivity (Wildman–Crippen MR) is 97.8 cm³/mol. The molecule has 8 heteroatoms. The van der Waals surface area contributed by atoms with Crippen LogP contribution in [0.5, 0.6) is 0 Å². The standard InChI is InChI=1S/C18H14ClN3O4/c1-10-6-7-11(19)8-14(10)20-15(23)9-22-17(24)13-5-3-2-4-12(13)16(21-22)18(25)26/h2-8H,9H2,1H3,(H,20,23)(H,25,26). The summed E-state index contributed by atoms with van der Waals surface area (Å²) in [6, 6.07) is 11.3. The van der Waals surface area contributed by atoms with Gasteiger partial charge < -0.3 is 10.4 Å². The average Bonchev–Trinajstić information content (AvgIpc) is 2.60. The summed E-state index contributed by atoms with van der Waals surface area (Å²) in [5.41, 5.74) is 0.484. The fraction of sp³-hybridized carbons (Fsp3) is 0.111. The molecule has 0 saturated heterocycles. The third kappa shape index (κ3) is 3.43. The fourth-order valence-corrected chi connectivity index (χ4v) is 2.73. The first-order valence-electron chi connectivity index (χ1n) is 7.66. The summed E-state index contributed by atoms with van der Waals surface area (Å²) in [4.78, 5) is 36.3. The van der Waals surface area contributed by atoms with E-state index in [4.69, 9.17) is 11.6 Å². The number of hydrogen-bond donors (Lipinski definition) is 2. The summed E-state index contributed by atoms with van der Waals surface area (Å²) in [5, 5.41) is 16.7. The van der Waals surface area contributed by atoms with E-state index in [1.165, 1.54) is 12.1 Å². The number of amides is 1. The van der Waals surface area contributed by atoms with E-state index in [1.54, 1.807) is 37.3 Å². The van der Waals surface area contributed by atoms with Gasteiger partial charge in [0.15, 0.2) is 5.69 Å². The SMILES string of the molecule is Cc1ccc(Cl)cc1NC(=O)Cn1nc(C(=O)O)c2ccccc2c1=O. The van der Waals surface area contributed by atoms with E-state index in [2.05, 4.69) is 10.4 Å². The Morgan fingerprint density at radius 2 is 1.88 bits per heavy atom. The second kappa shape index (κ2) is 6.97. The number of fused-ring (bicyclic) bond motifs is 1. The normalized spacial score (nSPS) is 10.7. The van der Waals surface area contributed by atoms with Gasteiger partial charge >= 0.3 is 5.97 Å². The minimum atomic E-state index is -1.28. The van der Waals surface area contributed by atoms with Crippen LogP contribution in [0.1, 0.15) is 16.1 Å². The highest BCUT2D eigenvalue weighted by Crippen LogP contribution is 2.20. The first-order chi connectivity index (χ1) is 12.4. The number of hydrogen-bond acceptors (Lipinski definition) is 4. The van der Waals surface area contributed by atoms with Crippen molar-refractivity contribution in [2.75, 3.05) is 5.32 Å². The highest BCUT2D eigenvalue weighted by atomic mass is 35.5. The van der Waals surface area contributed by atoms with Crippen LogP contribution in [0.3, 0.4) is 0 Å². The number of anilines is 1. The van der Waals surface area contributed by atoms with Crippen LogP contribution in [0.2, 0.25) is 5.02 Å². The van der Waals surface area contributed by atoms with Gasteiger partial charge in [-0.25, -0.2) is 9.48 Å². The lowest BCUT2D eigenvalue weighted by molar-refractivity contribution is -0.117. The Morgan fingerprint density at radius 1 is 1.19 bits per heavy atom. The van der Waals surface area contributed by atoms with Crippen molar-refractivity contribution in [1.82, 2.24) is 9.78 Å². The molecule has 1 amide bonds. The smallest absolute Gasteiger partial charge is 0.357 e. The summed E-state index contributed by atoms with van der Waals surface area (Å²) < 4.78 is 0.848. The van der Waals surface area contributed by atoms with Crippen LogP contribution in [0.15, 0.2) is 47.3 Å². The molecule has 3 aromatic rings. The third-order valence-corrected chi connectivity index (χ3v) is 4.07. The van der Waals surface area contributed by atoms with Crippen LogP contribution < -0.4 is 10.9 Å². The lowest BCUT2D eigenvalue weighted by Gasteiger charge is -2.11. The molecule has 7 nitrogen and oxygen atoms in total. The van der Waals surface area contributed by atoms with Gasteiger partial charge in [-0.05, 0) is 30.7 Å². The van der Waals surface area contributed by atoms with Gasteiger partial charge in [-0.2, -0.15) is 5.10 Å². The van der Waals surface area contributed by atoms with Crippen LogP contribution in [-0.2, 0) is 11.3 Å². The van der Waals surface area contributed by atoms with Gasteiger partial charge in [-0.15, -0.1) is 0 Å². The minimum Gasteiger partial charge on any atom is -0.476 e. The van der Waals surface area contributed by atoms with Crippen LogP contribution in [0, 0.1) is 6.92 Å². The third-order valence-electron chi connectivity index (χ3n) is 3.84. The van der Waals surface area contributed by atoms with Crippen molar-refractivity contribution in [3.63, 3.8) is 0 Å². The van der Waals surface area contributed by atoms with E-state index >= 15 is 0 Å². The number of carbonyl (C=O) groups is 2. The number of carbonyl (C=O) groups excluding carboxylic acids is 1. The molecule has 0 aliphatic carbocycles. The number of halogens is 1. The van der Waals surface area contributed by atoms with Gasteiger partial charge in [0, 0.05) is 16.1 Å². The first-order valence-corrected chi connectivity index (χ1v) is 8.04. The summed E-state index contributed by atoms with van der Waals surface area (Å²) in [6.45, 7) is 1.38. The molecule has 0 aliphatic rings. The molecule has 0 fully saturated rings. The Kier molecular flexibility index (Phi) is 4.73. The van der Waals surface area contributed by atoms with E-state index in [-0.39, 0.29) is 16.5 Å². The molecular weight excluding hydrogens is 358 g/mol. The van der Waals surface area contributed by atoms with Crippen molar-refractivity contribution < 1.29 is 14.7 Å². The summed E-state index contributed by atoms with van der Waals surface area (Å²) in [5.74, 6) is -1.79. The van der Waals surface area contributed by atoms with Crippen LogP contribution in [-0.4, -0.2) is 26.8 Å². The molecule has 26 heavy (non-hydrogen) atoms. The molecule has 2 N–H and O–H groups in total. The number of rotatable bonds is 4. The molecule has 132 valence electrons. The predicted octanol–water partition coefficient (Wildman–Crippen LogP) is 2.70. The van der Waals surface area contributed by atoms with Crippen molar-refractivity contribution in [1.29, 1.82) is 0 Å². The van der Waals surface area contributed by atoms with E-state index < -0.39 is 24.0 Å². The molecule has 3 rings (SSSR count). The molecule has 1 aromatic heterocycles. The van der Waals surface area contributed by atoms with E-state index in [0.717, 1.165) is 10.2 Å². The van der Waals surface area contributed by atoms with E-state index in [1.807, 2.05) is 0 Å². The first kappa shape index (κ1) is 17.6. The van der Waals surface area contributed by atoms with Crippen molar-refractivity contribution in [3.8, 4) is 0 Å². The van der Waals surface area contributed by atoms with Crippen LogP contribution in [0.4, 0.5) is 5.69 Å². The zero-order chi connectivity index (χ0) is 18.8. The zero-order valence-corrected chi connectivity index (χ0v) is 14.4. The molecule has 0 bridgehead atoms. The fourth-order valence-electron chi connectivity index (χ4n) is 2.55. The maximum atomic E-state index is 12.5. The Morgan fingerprint density at radius 3 is 2.58 bits per heavy atom. The van der Waals surface area contributed by atoms with Crippen molar-refractivity contribution in [2.45, 2.75) is 13.5 Å². The zero-order valence-electron chi connectivity index (χ0n) is 13.7. The summed E-state index contributed by atoms with van der Waals surface area (Å²) in [6.07, 6.45) is 0. The Labute approximate surface area is 152 Å². The minimum absolute atomic E-state index is 0.187. The van der Waals surface area contributed by atoms with Gasteiger partial charge in [0.2, 0.25) is 5.91 Å². The lowest BCUT2D eigenvalue weighted by Crippen LogP contribution is -2.31. The topological polar surface area (TPSA) is 101 Å². The lowest BCUT2D eigenvalue weighted by atomic mass is 10.1. The monoisotopic (exact) mass is 371 g/mol. The van der Waals surface area contributed by atoms with Crippen LogP contribution in [0.25, 0.3) is 10.8 Å². The number of nitrogens with one attached hydrogen (secondary N) is 1. The number of carboxylic acid groups (broad SMARTS) is 1. The number of benzene rings is 2. The number of aryl methyl sites for hydroxylation is 1.